The molecule has 0 unspecified atom stereocenters. The van der Waals surface area contributed by atoms with E-state index in [-0.39, 0.29) is 17.2 Å². The number of primary amides is 1. The van der Waals surface area contributed by atoms with Crippen molar-refractivity contribution in [1.29, 1.82) is 0 Å². The van der Waals surface area contributed by atoms with Gasteiger partial charge in [-0.1, -0.05) is 0 Å². The average molecular weight is 207 g/mol. The topological polar surface area (TPSA) is 105 Å². The van der Waals surface area contributed by atoms with E-state index in [1.54, 1.807) is 0 Å². The van der Waals surface area contributed by atoms with Crippen LogP contribution in [0.15, 0.2) is 10.9 Å². The van der Waals surface area contributed by atoms with Crippen molar-refractivity contribution in [2.45, 2.75) is 6.42 Å². The Bertz CT molecular complexity index is 484. The molecule has 6 nitrogen and oxygen atoms in total. The standard InChI is InChI=1S/C9H9N3O3/c10-8(14)7-4-1-2-11-9(15)5(4)3-6(13)12-7/h3H,1-2H2,(H2,10,14)(H,11,15)(H,12,13). The molecule has 1 aromatic rings. The summed E-state index contributed by atoms with van der Waals surface area (Å²) in [6.45, 7) is 0.443. The molecule has 1 aliphatic rings. The van der Waals surface area contributed by atoms with Crippen LogP contribution in [0.5, 0.6) is 0 Å². The molecular weight excluding hydrogens is 198 g/mol. The number of nitrogens with one attached hydrogen (secondary N) is 2. The smallest absolute Gasteiger partial charge is 0.265 e. The number of rotatable bonds is 1. The molecule has 78 valence electrons. The average Bonchev–Trinajstić information content (AvgIpc) is 2.18. The monoisotopic (exact) mass is 207 g/mol. The highest BCUT2D eigenvalue weighted by atomic mass is 16.2. The lowest BCUT2D eigenvalue weighted by Gasteiger charge is -2.17. The van der Waals surface area contributed by atoms with Gasteiger partial charge < -0.3 is 16.0 Å². The highest BCUT2D eigenvalue weighted by Crippen LogP contribution is 2.14. The van der Waals surface area contributed by atoms with E-state index in [1.165, 1.54) is 6.07 Å². The molecule has 2 rings (SSSR count). The number of nitrogens with two attached hydrogens (primary N) is 1. The van der Waals surface area contributed by atoms with Crippen molar-refractivity contribution < 1.29 is 9.59 Å². The van der Waals surface area contributed by atoms with Crippen molar-refractivity contribution in [3.05, 3.63) is 33.2 Å². The van der Waals surface area contributed by atoms with Gasteiger partial charge in [0, 0.05) is 12.6 Å². The first-order valence-electron chi connectivity index (χ1n) is 4.44. The van der Waals surface area contributed by atoms with E-state index < -0.39 is 11.5 Å². The van der Waals surface area contributed by atoms with Gasteiger partial charge in [-0.05, 0) is 12.0 Å². The molecule has 2 heterocycles. The number of amides is 2. The van der Waals surface area contributed by atoms with Crippen molar-refractivity contribution in [1.82, 2.24) is 10.3 Å². The zero-order valence-corrected chi connectivity index (χ0v) is 7.79. The van der Waals surface area contributed by atoms with E-state index >= 15 is 0 Å². The largest absolute Gasteiger partial charge is 0.364 e. The highest BCUT2D eigenvalue weighted by molar-refractivity contribution is 6.01. The van der Waals surface area contributed by atoms with Crippen LogP contribution in [0.2, 0.25) is 0 Å². The summed E-state index contributed by atoms with van der Waals surface area (Å²) in [6.07, 6.45) is 0.496. The summed E-state index contributed by atoms with van der Waals surface area (Å²) in [7, 11) is 0. The van der Waals surface area contributed by atoms with Crippen molar-refractivity contribution in [3.8, 4) is 0 Å². The predicted molar refractivity (Wildman–Crippen MR) is 51.6 cm³/mol. The Morgan fingerprint density at radius 2 is 2.13 bits per heavy atom. The fraction of sp³-hybridized carbons (Fsp3) is 0.222. The first kappa shape index (κ1) is 9.45. The number of hydrogen-bond donors (Lipinski definition) is 3. The zero-order valence-electron chi connectivity index (χ0n) is 7.79. The van der Waals surface area contributed by atoms with Gasteiger partial charge >= 0.3 is 0 Å². The quantitative estimate of drug-likeness (QED) is 0.536. The van der Waals surface area contributed by atoms with E-state index in [4.69, 9.17) is 5.73 Å². The molecular formula is C9H9N3O3. The number of hydrogen-bond acceptors (Lipinski definition) is 3. The van der Waals surface area contributed by atoms with Crippen LogP contribution < -0.4 is 16.6 Å². The zero-order chi connectivity index (χ0) is 11.0. The molecule has 1 aromatic heterocycles. The van der Waals surface area contributed by atoms with Gasteiger partial charge in [0.2, 0.25) is 5.56 Å². The van der Waals surface area contributed by atoms with Crippen LogP contribution in [0, 0.1) is 0 Å². The number of H-pyrrole nitrogens is 1. The van der Waals surface area contributed by atoms with Crippen LogP contribution in [0.3, 0.4) is 0 Å². The summed E-state index contributed by atoms with van der Waals surface area (Å²) in [5.41, 5.74) is 5.40. The summed E-state index contributed by atoms with van der Waals surface area (Å²) < 4.78 is 0. The van der Waals surface area contributed by atoms with E-state index in [1.807, 2.05) is 0 Å². The van der Waals surface area contributed by atoms with E-state index in [0.29, 0.717) is 18.5 Å². The molecule has 0 aliphatic carbocycles. The fourth-order valence-electron chi connectivity index (χ4n) is 1.66. The molecule has 0 bridgehead atoms. The molecule has 0 atom stereocenters. The SMILES string of the molecule is NC(=O)c1[nH]c(=O)cc2c1CCNC2=O. The van der Waals surface area contributed by atoms with Crippen molar-refractivity contribution in [3.63, 3.8) is 0 Å². The summed E-state index contributed by atoms with van der Waals surface area (Å²) in [5.74, 6) is -1.07. The lowest BCUT2D eigenvalue weighted by molar-refractivity contribution is 0.0945. The molecule has 0 radical (unpaired) electrons. The number of carbonyl (C=O) groups is 2. The van der Waals surface area contributed by atoms with E-state index in [9.17, 15) is 14.4 Å². The van der Waals surface area contributed by atoms with Gasteiger partial charge in [-0.15, -0.1) is 0 Å². The maximum absolute atomic E-state index is 11.4. The van der Waals surface area contributed by atoms with Crippen LogP contribution in [0.1, 0.15) is 26.4 Å². The van der Waals surface area contributed by atoms with Crippen molar-refractivity contribution >= 4 is 11.8 Å². The van der Waals surface area contributed by atoms with Crippen molar-refractivity contribution in [2.24, 2.45) is 5.73 Å². The normalized spacial score (nSPS) is 14.3. The third kappa shape index (κ3) is 1.50. The Morgan fingerprint density at radius 1 is 1.40 bits per heavy atom. The highest BCUT2D eigenvalue weighted by Gasteiger charge is 2.22. The number of fused-ring (bicyclic) bond motifs is 1. The van der Waals surface area contributed by atoms with Crippen LogP contribution in [-0.4, -0.2) is 23.3 Å². The van der Waals surface area contributed by atoms with Gasteiger partial charge in [0.05, 0.1) is 5.56 Å². The minimum Gasteiger partial charge on any atom is -0.364 e. The molecule has 0 aromatic carbocycles. The lowest BCUT2D eigenvalue weighted by Crippen LogP contribution is -2.36. The Morgan fingerprint density at radius 3 is 2.80 bits per heavy atom. The molecule has 15 heavy (non-hydrogen) atoms. The van der Waals surface area contributed by atoms with E-state index in [2.05, 4.69) is 10.3 Å². The summed E-state index contributed by atoms with van der Waals surface area (Å²) >= 11 is 0. The predicted octanol–water partition coefficient (Wildman–Crippen LogP) is -1.24. The third-order valence-corrected chi connectivity index (χ3v) is 2.30. The number of carbonyl (C=O) groups excluding carboxylic acids is 2. The minimum atomic E-state index is -0.723. The van der Waals surface area contributed by atoms with Gasteiger partial charge in [-0.3, -0.25) is 14.4 Å². The molecule has 0 spiro atoms. The Kier molecular flexibility index (Phi) is 2.03. The molecule has 0 saturated carbocycles. The maximum Gasteiger partial charge on any atom is 0.265 e. The fourth-order valence-corrected chi connectivity index (χ4v) is 1.66. The van der Waals surface area contributed by atoms with Gasteiger partial charge in [-0.2, -0.15) is 0 Å². The van der Waals surface area contributed by atoms with Gasteiger partial charge in [0.25, 0.3) is 11.8 Å². The first-order valence-corrected chi connectivity index (χ1v) is 4.44. The number of aromatic nitrogens is 1. The van der Waals surface area contributed by atoms with Crippen LogP contribution in [-0.2, 0) is 6.42 Å². The first-order chi connectivity index (χ1) is 7.09. The molecule has 2 amide bonds. The van der Waals surface area contributed by atoms with E-state index in [0.717, 1.165) is 0 Å². The molecule has 4 N–H and O–H groups in total. The van der Waals surface area contributed by atoms with Gasteiger partial charge in [0.15, 0.2) is 0 Å². The second-order valence-corrected chi connectivity index (χ2v) is 3.27. The third-order valence-electron chi connectivity index (χ3n) is 2.30. The van der Waals surface area contributed by atoms with Crippen molar-refractivity contribution in [2.75, 3.05) is 6.54 Å². The Balaban J connectivity index is 2.73. The Labute approximate surface area is 84.5 Å². The summed E-state index contributed by atoms with van der Waals surface area (Å²) in [4.78, 5) is 36.0. The minimum absolute atomic E-state index is 0.0346. The summed E-state index contributed by atoms with van der Waals surface area (Å²) in [6, 6.07) is 1.18. The van der Waals surface area contributed by atoms with Crippen LogP contribution in [0.4, 0.5) is 0 Å². The molecule has 1 aliphatic heterocycles. The lowest BCUT2D eigenvalue weighted by atomic mass is 9.99. The molecule has 0 saturated heterocycles. The number of pyridine rings is 1. The number of aromatic amines is 1. The Hall–Kier alpha value is -2.11. The summed E-state index contributed by atoms with van der Waals surface area (Å²) in [5, 5.41) is 2.59. The van der Waals surface area contributed by atoms with Crippen LogP contribution in [0.25, 0.3) is 0 Å². The maximum atomic E-state index is 11.4. The van der Waals surface area contributed by atoms with Crippen LogP contribution >= 0.6 is 0 Å². The second kappa shape index (κ2) is 3.23. The van der Waals surface area contributed by atoms with Gasteiger partial charge in [0.1, 0.15) is 5.69 Å². The molecule has 6 heteroatoms. The second-order valence-electron chi connectivity index (χ2n) is 3.27. The van der Waals surface area contributed by atoms with Gasteiger partial charge in [-0.25, -0.2) is 0 Å². The molecule has 0 fully saturated rings.